The number of nitrogens with one attached hydrogen (secondary N) is 1. The Hall–Kier alpha value is -1.86. The van der Waals surface area contributed by atoms with Gasteiger partial charge in [0.25, 0.3) is 0 Å². The predicted octanol–water partition coefficient (Wildman–Crippen LogP) is 0.881. The van der Waals surface area contributed by atoms with Gasteiger partial charge in [0.05, 0.1) is 18.8 Å². The summed E-state index contributed by atoms with van der Waals surface area (Å²) in [5, 5.41) is 19.6. The van der Waals surface area contributed by atoms with Crippen LogP contribution in [0, 0.1) is 11.6 Å². The van der Waals surface area contributed by atoms with Crippen LogP contribution in [0.1, 0.15) is 11.3 Å². The number of nitrogens with zero attached hydrogens (tertiary/aromatic N) is 3. The quantitative estimate of drug-likeness (QED) is 0.740. The van der Waals surface area contributed by atoms with Gasteiger partial charge in [0, 0.05) is 18.8 Å². The lowest BCUT2D eigenvalue weighted by atomic mass is 10.1. The minimum Gasteiger partial charge on any atom is -0.394 e. The SMILES string of the molecule is OCCn1cc(CNCCc2cc(F)cc(F)c2)nn1. The Bertz CT molecular complexity index is 539. The lowest BCUT2D eigenvalue weighted by molar-refractivity contribution is 0.268. The fourth-order valence-electron chi connectivity index (χ4n) is 1.84. The van der Waals surface area contributed by atoms with Crippen LogP contribution >= 0.6 is 0 Å². The average molecular weight is 282 g/mol. The Balaban J connectivity index is 1.75. The van der Waals surface area contributed by atoms with Crippen LogP contribution in [0.4, 0.5) is 8.78 Å². The van der Waals surface area contributed by atoms with Gasteiger partial charge in [-0.15, -0.1) is 5.10 Å². The Morgan fingerprint density at radius 1 is 1.20 bits per heavy atom. The monoisotopic (exact) mass is 282 g/mol. The number of rotatable bonds is 7. The van der Waals surface area contributed by atoms with Crippen molar-refractivity contribution in [3.8, 4) is 0 Å². The molecule has 0 aliphatic rings. The first-order valence-electron chi connectivity index (χ1n) is 6.33. The van der Waals surface area contributed by atoms with Crippen LogP contribution in [-0.2, 0) is 19.5 Å². The first kappa shape index (κ1) is 14.5. The highest BCUT2D eigenvalue weighted by Gasteiger charge is 2.02. The third kappa shape index (κ3) is 4.36. The van der Waals surface area contributed by atoms with E-state index in [1.165, 1.54) is 12.1 Å². The third-order valence-electron chi connectivity index (χ3n) is 2.73. The van der Waals surface area contributed by atoms with Crippen molar-refractivity contribution < 1.29 is 13.9 Å². The Kier molecular flexibility index (Phi) is 5.14. The van der Waals surface area contributed by atoms with Gasteiger partial charge in [-0.05, 0) is 30.7 Å². The first-order chi connectivity index (χ1) is 9.67. The minimum absolute atomic E-state index is 0.0152. The molecule has 0 bridgehead atoms. The Morgan fingerprint density at radius 2 is 1.95 bits per heavy atom. The van der Waals surface area contributed by atoms with Crippen molar-refractivity contribution in [1.82, 2.24) is 20.3 Å². The number of aliphatic hydroxyl groups is 1. The molecule has 0 unspecified atom stereocenters. The molecule has 0 atom stereocenters. The summed E-state index contributed by atoms with van der Waals surface area (Å²) < 4.78 is 27.5. The number of aliphatic hydroxyl groups excluding tert-OH is 1. The van der Waals surface area contributed by atoms with E-state index < -0.39 is 11.6 Å². The summed E-state index contributed by atoms with van der Waals surface area (Å²) >= 11 is 0. The Morgan fingerprint density at radius 3 is 2.65 bits per heavy atom. The second-order valence-corrected chi connectivity index (χ2v) is 4.40. The van der Waals surface area contributed by atoms with Gasteiger partial charge in [0.1, 0.15) is 11.6 Å². The number of halogens is 2. The molecule has 0 spiro atoms. The van der Waals surface area contributed by atoms with Gasteiger partial charge >= 0.3 is 0 Å². The lowest BCUT2D eigenvalue weighted by Crippen LogP contribution is -2.17. The third-order valence-corrected chi connectivity index (χ3v) is 2.73. The van der Waals surface area contributed by atoms with Gasteiger partial charge in [0.2, 0.25) is 0 Å². The Labute approximate surface area is 115 Å². The van der Waals surface area contributed by atoms with E-state index in [1.54, 1.807) is 10.9 Å². The summed E-state index contributed by atoms with van der Waals surface area (Å²) in [6.45, 7) is 1.52. The predicted molar refractivity (Wildman–Crippen MR) is 68.9 cm³/mol. The minimum atomic E-state index is -0.563. The fourth-order valence-corrected chi connectivity index (χ4v) is 1.84. The second kappa shape index (κ2) is 7.06. The van der Waals surface area contributed by atoms with Crippen LogP contribution in [0.3, 0.4) is 0 Å². The van der Waals surface area contributed by atoms with Crippen LogP contribution in [0.2, 0.25) is 0 Å². The summed E-state index contributed by atoms with van der Waals surface area (Å²) in [6.07, 6.45) is 2.27. The molecule has 0 fully saturated rings. The highest BCUT2D eigenvalue weighted by atomic mass is 19.1. The van der Waals surface area contributed by atoms with E-state index >= 15 is 0 Å². The topological polar surface area (TPSA) is 63.0 Å². The van der Waals surface area contributed by atoms with Crippen molar-refractivity contribution in [2.75, 3.05) is 13.2 Å². The zero-order valence-corrected chi connectivity index (χ0v) is 10.9. The van der Waals surface area contributed by atoms with E-state index in [0.29, 0.717) is 31.6 Å². The zero-order valence-electron chi connectivity index (χ0n) is 10.9. The molecule has 0 radical (unpaired) electrons. The zero-order chi connectivity index (χ0) is 14.4. The van der Waals surface area contributed by atoms with Crippen molar-refractivity contribution in [3.05, 3.63) is 47.3 Å². The van der Waals surface area contributed by atoms with E-state index in [0.717, 1.165) is 11.8 Å². The van der Waals surface area contributed by atoms with Gasteiger partial charge in [-0.1, -0.05) is 5.21 Å². The molecule has 1 aromatic heterocycles. The summed E-state index contributed by atoms with van der Waals surface area (Å²) in [6, 6.07) is 3.50. The molecule has 0 aliphatic heterocycles. The van der Waals surface area contributed by atoms with Crippen LogP contribution < -0.4 is 5.32 Å². The molecule has 0 amide bonds. The number of hydrogen-bond donors (Lipinski definition) is 2. The molecule has 0 aliphatic carbocycles. The van der Waals surface area contributed by atoms with Gasteiger partial charge < -0.3 is 10.4 Å². The normalized spacial score (nSPS) is 10.9. The van der Waals surface area contributed by atoms with E-state index in [1.807, 2.05) is 0 Å². The van der Waals surface area contributed by atoms with Crippen LogP contribution in [0.15, 0.2) is 24.4 Å². The van der Waals surface area contributed by atoms with Gasteiger partial charge in [-0.2, -0.15) is 0 Å². The molecule has 2 aromatic rings. The van der Waals surface area contributed by atoms with Crippen LogP contribution in [-0.4, -0.2) is 33.3 Å². The number of hydrogen-bond acceptors (Lipinski definition) is 4. The smallest absolute Gasteiger partial charge is 0.126 e. The molecule has 20 heavy (non-hydrogen) atoms. The van der Waals surface area contributed by atoms with Crippen LogP contribution in [0.5, 0.6) is 0 Å². The van der Waals surface area contributed by atoms with E-state index in [9.17, 15) is 8.78 Å². The van der Waals surface area contributed by atoms with Gasteiger partial charge in [-0.25, -0.2) is 13.5 Å². The van der Waals surface area contributed by atoms with Crippen molar-refractivity contribution in [2.45, 2.75) is 19.5 Å². The standard InChI is InChI=1S/C13H16F2N4O/c14-11-5-10(6-12(15)7-11)1-2-16-8-13-9-19(3-4-20)18-17-13/h5-7,9,16,20H,1-4,8H2. The van der Waals surface area contributed by atoms with Crippen LogP contribution in [0.25, 0.3) is 0 Å². The molecule has 2 rings (SSSR count). The molecule has 108 valence electrons. The molecular weight excluding hydrogens is 266 g/mol. The fraction of sp³-hybridized carbons (Fsp3) is 0.385. The summed E-state index contributed by atoms with van der Waals surface area (Å²) in [5.41, 5.74) is 1.36. The van der Waals surface area contributed by atoms with Crippen molar-refractivity contribution in [3.63, 3.8) is 0 Å². The van der Waals surface area contributed by atoms with E-state index in [-0.39, 0.29) is 6.61 Å². The molecule has 5 nitrogen and oxygen atoms in total. The maximum atomic E-state index is 13.0. The second-order valence-electron chi connectivity index (χ2n) is 4.40. The van der Waals surface area contributed by atoms with Crippen molar-refractivity contribution in [1.29, 1.82) is 0 Å². The molecule has 0 saturated heterocycles. The molecule has 7 heteroatoms. The van der Waals surface area contributed by atoms with E-state index in [2.05, 4.69) is 15.6 Å². The first-order valence-corrected chi connectivity index (χ1v) is 6.33. The molecule has 1 aromatic carbocycles. The highest BCUT2D eigenvalue weighted by molar-refractivity contribution is 5.18. The van der Waals surface area contributed by atoms with E-state index in [4.69, 9.17) is 5.11 Å². The van der Waals surface area contributed by atoms with Crippen molar-refractivity contribution >= 4 is 0 Å². The average Bonchev–Trinajstić information content (AvgIpc) is 2.82. The molecule has 1 heterocycles. The number of aromatic nitrogens is 3. The highest BCUT2D eigenvalue weighted by Crippen LogP contribution is 2.08. The molecular formula is C13H16F2N4O. The summed E-state index contributed by atoms with van der Waals surface area (Å²) in [5.74, 6) is -1.13. The van der Waals surface area contributed by atoms with Gasteiger partial charge in [0.15, 0.2) is 0 Å². The lowest BCUT2D eigenvalue weighted by Gasteiger charge is -2.03. The van der Waals surface area contributed by atoms with Crippen molar-refractivity contribution in [2.24, 2.45) is 0 Å². The molecule has 0 saturated carbocycles. The largest absolute Gasteiger partial charge is 0.394 e. The number of benzene rings is 1. The summed E-state index contributed by atoms with van der Waals surface area (Å²) in [7, 11) is 0. The summed E-state index contributed by atoms with van der Waals surface area (Å²) in [4.78, 5) is 0. The van der Waals surface area contributed by atoms with Gasteiger partial charge in [-0.3, -0.25) is 0 Å². The maximum absolute atomic E-state index is 13.0. The molecule has 2 N–H and O–H groups in total. The maximum Gasteiger partial charge on any atom is 0.126 e.